The van der Waals surface area contributed by atoms with E-state index in [1.165, 1.54) is 11.3 Å². The van der Waals surface area contributed by atoms with Crippen molar-refractivity contribution in [1.29, 1.82) is 0 Å². The number of aromatic nitrogens is 1. The second kappa shape index (κ2) is 8.98. The number of amides is 2. The molecular formula is C23H22ClN3O2S. The van der Waals surface area contributed by atoms with Crippen molar-refractivity contribution < 1.29 is 9.59 Å². The third-order valence-corrected chi connectivity index (χ3v) is 6.41. The lowest BCUT2D eigenvalue weighted by Crippen LogP contribution is -2.27. The molecule has 30 heavy (non-hydrogen) atoms. The van der Waals surface area contributed by atoms with Crippen molar-refractivity contribution in [2.75, 3.05) is 13.1 Å². The number of rotatable bonds is 4. The van der Waals surface area contributed by atoms with E-state index in [1.807, 2.05) is 46.0 Å². The Labute approximate surface area is 184 Å². The van der Waals surface area contributed by atoms with Crippen LogP contribution in [0.25, 0.3) is 0 Å². The number of hydrogen-bond acceptors (Lipinski definition) is 3. The van der Waals surface area contributed by atoms with E-state index in [2.05, 4.69) is 4.99 Å². The minimum absolute atomic E-state index is 0.0984. The zero-order valence-electron chi connectivity index (χ0n) is 16.7. The fraction of sp³-hybridized carbons (Fsp3) is 0.261. The smallest absolute Gasteiger partial charge is 0.279 e. The Morgan fingerprint density at radius 2 is 1.80 bits per heavy atom. The van der Waals surface area contributed by atoms with Crippen molar-refractivity contribution in [3.05, 3.63) is 86.1 Å². The lowest BCUT2D eigenvalue weighted by Gasteiger charge is -2.15. The molecule has 1 aliphatic rings. The second-order valence-corrected chi connectivity index (χ2v) is 8.64. The predicted molar refractivity (Wildman–Crippen MR) is 119 cm³/mol. The van der Waals surface area contributed by atoms with Gasteiger partial charge in [0.2, 0.25) is 0 Å². The van der Waals surface area contributed by atoms with E-state index in [0.717, 1.165) is 37.2 Å². The van der Waals surface area contributed by atoms with Crippen LogP contribution in [0.2, 0.25) is 5.02 Å². The van der Waals surface area contributed by atoms with Crippen molar-refractivity contribution >= 4 is 34.8 Å². The normalized spacial score (nSPS) is 14.3. The molecule has 2 heterocycles. The number of thiazole rings is 1. The molecule has 0 spiro atoms. The molecule has 0 N–H and O–H groups in total. The Bertz CT molecular complexity index is 1140. The third kappa shape index (κ3) is 4.55. The van der Waals surface area contributed by atoms with Crippen LogP contribution in [-0.4, -0.2) is 34.4 Å². The van der Waals surface area contributed by atoms with Gasteiger partial charge in [-0.2, -0.15) is 4.99 Å². The van der Waals surface area contributed by atoms with Crippen molar-refractivity contribution in [2.24, 2.45) is 4.99 Å². The second-order valence-electron chi connectivity index (χ2n) is 7.37. The van der Waals surface area contributed by atoms with Gasteiger partial charge in [0, 0.05) is 40.3 Å². The van der Waals surface area contributed by atoms with Crippen LogP contribution in [0, 0.1) is 6.92 Å². The Kier molecular flexibility index (Phi) is 6.16. The van der Waals surface area contributed by atoms with Crippen molar-refractivity contribution in [3.63, 3.8) is 0 Å². The van der Waals surface area contributed by atoms with Crippen LogP contribution >= 0.6 is 22.9 Å². The molecule has 3 aromatic rings. The highest BCUT2D eigenvalue weighted by Crippen LogP contribution is 2.15. The molecule has 5 nitrogen and oxygen atoms in total. The van der Waals surface area contributed by atoms with E-state index in [0.29, 0.717) is 27.5 Å². The van der Waals surface area contributed by atoms with E-state index in [-0.39, 0.29) is 11.8 Å². The standard InChI is InChI=1S/C23H22ClN3O2S/c1-16-15-30-23(25-21(28)19-5-4-6-20(24)13-19)27(16)14-17-7-9-18(10-8-17)22(29)26-11-2-3-12-26/h4-10,13,15H,2-3,11-12,14H2,1H3. The molecule has 0 saturated carbocycles. The first-order valence-corrected chi connectivity index (χ1v) is 11.1. The maximum Gasteiger partial charge on any atom is 0.279 e. The molecule has 2 aromatic carbocycles. The van der Waals surface area contributed by atoms with Crippen LogP contribution < -0.4 is 4.80 Å². The number of carbonyl (C=O) groups excluding carboxylic acids is 2. The quantitative estimate of drug-likeness (QED) is 0.599. The summed E-state index contributed by atoms with van der Waals surface area (Å²) in [6.07, 6.45) is 2.16. The van der Waals surface area contributed by atoms with Crippen LogP contribution in [0.3, 0.4) is 0 Å². The SMILES string of the molecule is Cc1csc(=NC(=O)c2cccc(Cl)c2)n1Cc1ccc(C(=O)N2CCCC2)cc1. The van der Waals surface area contributed by atoms with E-state index < -0.39 is 0 Å². The summed E-state index contributed by atoms with van der Waals surface area (Å²) in [5.74, 6) is -0.221. The molecule has 1 aromatic heterocycles. The summed E-state index contributed by atoms with van der Waals surface area (Å²) in [5, 5.41) is 2.49. The van der Waals surface area contributed by atoms with Gasteiger partial charge in [0.25, 0.3) is 11.8 Å². The number of carbonyl (C=O) groups is 2. The highest BCUT2D eigenvalue weighted by Gasteiger charge is 2.19. The van der Waals surface area contributed by atoms with Crippen LogP contribution in [0.5, 0.6) is 0 Å². The first kappa shape index (κ1) is 20.6. The number of nitrogens with zero attached hydrogens (tertiary/aromatic N) is 3. The Balaban J connectivity index is 1.55. The van der Waals surface area contributed by atoms with Gasteiger partial charge in [0.1, 0.15) is 0 Å². The van der Waals surface area contributed by atoms with Gasteiger partial charge in [-0.25, -0.2) is 0 Å². The number of hydrogen-bond donors (Lipinski definition) is 0. The van der Waals surface area contributed by atoms with E-state index in [1.54, 1.807) is 24.3 Å². The topological polar surface area (TPSA) is 54.7 Å². The largest absolute Gasteiger partial charge is 0.339 e. The van der Waals surface area contributed by atoms with Crippen molar-refractivity contribution in [3.8, 4) is 0 Å². The molecule has 154 valence electrons. The Morgan fingerprint density at radius 3 is 2.50 bits per heavy atom. The van der Waals surface area contributed by atoms with Gasteiger partial charge in [-0.05, 0) is 55.7 Å². The van der Waals surface area contributed by atoms with Crippen molar-refractivity contribution in [2.45, 2.75) is 26.3 Å². The summed E-state index contributed by atoms with van der Waals surface area (Å²) in [7, 11) is 0. The van der Waals surface area contributed by atoms with Crippen LogP contribution in [0.15, 0.2) is 58.9 Å². The summed E-state index contributed by atoms with van der Waals surface area (Å²) >= 11 is 7.42. The van der Waals surface area contributed by atoms with Gasteiger partial charge in [0.15, 0.2) is 4.80 Å². The molecule has 1 aliphatic heterocycles. The molecule has 4 rings (SSSR count). The fourth-order valence-corrected chi connectivity index (χ4v) is 4.57. The molecular weight excluding hydrogens is 418 g/mol. The van der Waals surface area contributed by atoms with Gasteiger partial charge in [0.05, 0.1) is 6.54 Å². The minimum Gasteiger partial charge on any atom is -0.339 e. The summed E-state index contributed by atoms with van der Waals surface area (Å²) in [5.41, 5.74) is 3.25. The predicted octanol–water partition coefficient (Wildman–Crippen LogP) is 4.54. The first-order chi connectivity index (χ1) is 14.5. The molecule has 0 atom stereocenters. The van der Waals surface area contributed by atoms with Crippen LogP contribution in [0.4, 0.5) is 0 Å². The molecule has 2 amide bonds. The first-order valence-electron chi connectivity index (χ1n) is 9.89. The number of benzene rings is 2. The van der Waals surface area contributed by atoms with Gasteiger partial charge in [-0.15, -0.1) is 11.3 Å². The molecule has 0 bridgehead atoms. The van der Waals surface area contributed by atoms with Gasteiger partial charge in [-0.3, -0.25) is 9.59 Å². The van der Waals surface area contributed by atoms with E-state index in [4.69, 9.17) is 11.6 Å². The van der Waals surface area contributed by atoms with E-state index in [9.17, 15) is 9.59 Å². The average Bonchev–Trinajstić information content (AvgIpc) is 3.40. The Morgan fingerprint density at radius 1 is 1.07 bits per heavy atom. The minimum atomic E-state index is -0.320. The van der Waals surface area contributed by atoms with Crippen molar-refractivity contribution in [1.82, 2.24) is 9.47 Å². The summed E-state index contributed by atoms with van der Waals surface area (Å²) in [6, 6.07) is 14.5. The lowest BCUT2D eigenvalue weighted by molar-refractivity contribution is 0.0792. The average molecular weight is 440 g/mol. The summed E-state index contributed by atoms with van der Waals surface area (Å²) < 4.78 is 2.00. The maximum absolute atomic E-state index is 12.6. The highest BCUT2D eigenvalue weighted by atomic mass is 35.5. The zero-order valence-corrected chi connectivity index (χ0v) is 18.2. The summed E-state index contributed by atoms with van der Waals surface area (Å²) in [6.45, 7) is 4.26. The lowest BCUT2D eigenvalue weighted by atomic mass is 10.1. The van der Waals surface area contributed by atoms with Gasteiger partial charge >= 0.3 is 0 Å². The molecule has 1 fully saturated rings. The van der Waals surface area contributed by atoms with Gasteiger partial charge in [-0.1, -0.05) is 29.8 Å². The molecule has 0 aliphatic carbocycles. The molecule has 7 heteroatoms. The number of halogens is 1. The molecule has 1 saturated heterocycles. The molecule has 0 unspecified atom stereocenters. The zero-order chi connectivity index (χ0) is 21.1. The van der Waals surface area contributed by atoms with Crippen LogP contribution in [0.1, 0.15) is 44.8 Å². The number of aryl methyl sites for hydroxylation is 1. The van der Waals surface area contributed by atoms with E-state index >= 15 is 0 Å². The Hall–Kier alpha value is -2.70. The van der Waals surface area contributed by atoms with Crippen LogP contribution in [-0.2, 0) is 6.54 Å². The maximum atomic E-state index is 12.6. The third-order valence-electron chi connectivity index (χ3n) is 5.20. The number of likely N-dealkylation sites (tertiary alicyclic amines) is 1. The monoisotopic (exact) mass is 439 g/mol. The molecule has 0 radical (unpaired) electrons. The highest BCUT2D eigenvalue weighted by molar-refractivity contribution is 7.07. The van der Waals surface area contributed by atoms with Gasteiger partial charge < -0.3 is 9.47 Å². The summed E-state index contributed by atoms with van der Waals surface area (Å²) in [4.78, 5) is 31.9. The fourth-order valence-electron chi connectivity index (χ4n) is 3.51.